The van der Waals surface area contributed by atoms with E-state index in [2.05, 4.69) is 51.8 Å². The van der Waals surface area contributed by atoms with Crippen LogP contribution in [0.1, 0.15) is 80.1 Å². The molecule has 0 saturated heterocycles. The van der Waals surface area contributed by atoms with Gasteiger partial charge in [-0.2, -0.15) is 0 Å². The first-order valence-electron chi connectivity index (χ1n) is 8.90. The zero-order valence-corrected chi connectivity index (χ0v) is 14.8. The van der Waals surface area contributed by atoms with Gasteiger partial charge in [0, 0.05) is 18.1 Å². The highest BCUT2D eigenvalue weighted by atomic mass is 15.2. The van der Waals surface area contributed by atoms with Crippen molar-refractivity contribution < 1.29 is 0 Å². The summed E-state index contributed by atoms with van der Waals surface area (Å²) < 4.78 is 0. The van der Waals surface area contributed by atoms with Gasteiger partial charge in [0.25, 0.3) is 0 Å². The third-order valence-corrected chi connectivity index (χ3v) is 4.93. The second-order valence-corrected chi connectivity index (χ2v) is 7.68. The molecular weight excluding hydrogens is 244 g/mol. The van der Waals surface area contributed by atoms with Gasteiger partial charge in [-0.15, -0.1) is 0 Å². The number of nitrogens with one attached hydrogen (secondary N) is 1. The van der Waals surface area contributed by atoms with Crippen molar-refractivity contribution in [1.82, 2.24) is 10.2 Å². The molecule has 20 heavy (non-hydrogen) atoms. The molecule has 1 aliphatic carbocycles. The zero-order valence-electron chi connectivity index (χ0n) is 14.8. The Morgan fingerprint density at radius 2 is 1.90 bits per heavy atom. The van der Waals surface area contributed by atoms with Crippen LogP contribution in [-0.4, -0.2) is 36.1 Å². The molecule has 1 saturated carbocycles. The minimum Gasteiger partial charge on any atom is -0.313 e. The maximum absolute atomic E-state index is 3.76. The standard InChI is InChI=1S/C18H38N2/c1-7-9-10-13-20(15(3)4)17-14-18(5,6)12-11-16(17)19-8-2/h15-17,19H,7-14H2,1-6H3. The second kappa shape index (κ2) is 8.38. The molecule has 1 N–H and O–H groups in total. The summed E-state index contributed by atoms with van der Waals surface area (Å²) in [4.78, 5) is 2.78. The first-order valence-corrected chi connectivity index (χ1v) is 8.90. The highest BCUT2D eigenvalue weighted by Crippen LogP contribution is 2.38. The van der Waals surface area contributed by atoms with Crippen molar-refractivity contribution >= 4 is 0 Å². The van der Waals surface area contributed by atoms with E-state index in [1.165, 1.54) is 45.1 Å². The maximum atomic E-state index is 3.76. The van der Waals surface area contributed by atoms with Crippen LogP contribution in [0.15, 0.2) is 0 Å². The topological polar surface area (TPSA) is 15.3 Å². The molecule has 1 aliphatic rings. The van der Waals surface area contributed by atoms with Gasteiger partial charge in [0.05, 0.1) is 0 Å². The molecule has 0 spiro atoms. The molecule has 0 heterocycles. The van der Waals surface area contributed by atoms with Crippen LogP contribution in [0, 0.1) is 5.41 Å². The Morgan fingerprint density at radius 3 is 2.45 bits per heavy atom. The van der Waals surface area contributed by atoms with E-state index in [-0.39, 0.29) is 0 Å². The van der Waals surface area contributed by atoms with E-state index in [4.69, 9.17) is 0 Å². The largest absolute Gasteiger partial charge is 0.313 e. The molecule has 0 aliphatic heterocycles. The molecule has 2 atom stereocenters. The first-order chi connectivity index (χ1) is 9.41. The van der Waals surface area contributed by atoms with Crippen LogP contribution in [-0.2, 0) is 0 Å². The predicted octanol–water partition coefficient (Wildman–Crippen LogP) is 4.44. The second-order valence-electron chi connectivity index (χ2n) is 7.68. The number of rotatable bonds is 8. The van der Waals surface area contributed by atoms with Crippen LogP contribution in [0.5, 0.6) is 0 Å². The van der Waals surface area contributed by atoms with Crippen molar-refractivity contribution in [1.29, 1.82) is 0 Å². The van der Waals surface area contributed by atoms with Crippen LogP contribution in [0.3, 0.4) is 0 Å². The fraction of sp³-hybridized carbons (Fsp3) is 1.00. The monoisotopic (exact) mass is 282 g/mol. The van der Waals surface area contributed by atoms with Crippen LogP contribution in [0.4, 0.5) is 0 Å². The van der Waals surface area contributed by atoms with E-state index in [9.17, 15) is 0 Å². The van der Waals surface area contributed by atoms with E-state index in [0.717, 1.165) is 12.6 Å². The molecular formula is C18H38N2. The van der Waals surface area contributed by atoms with Gasteiger partial charge in [-0.25, -0.2) is 0 Å². The van der Waals surface area contributed by atoms with Crippen LogP contribution < -0.4 is 5.32 Å². The molecule has 2 unspecified atom stereocenters. The van der Waals surface area contributed by atoms with Crippen LogP contribution in [0.2, 0.25) is 0 Å². The summed E-state index contributed by atoms with van der Waals surface area (Å²) >= 11 is 0. The van der Waals surface area contributed by atoms with Gasteiger partial charge in [0.15, 0.2) is 0 Å². The van der Waals surface area contributed by atoms with Crippen molar-refractivity contribution in [2.45, 2.75) is 98.2 Å². The Morgan fingerprint density at radius 1 is 1.20 bits per heavy atom. The lowest BCUT2D eigenvalue weighted by Gasteiger charge is -2.48. The molecule has 0 aromatic heterocycles. The summed E-state index contributed by atoms with van der Waals surface area (Å²) in [5, 5.41) is 3.76. The Kier molecular flexibility index (Phi) is 7.53. The van der Waals surface area contributed by atoms with E-state index in [0.29, 0.717) is 17.5 Å². The van der Waals surface area contributed by atoms with Crippen LogP contribution >= 0.6 is 0 Å². The average Bonchev–Trinajstić information content (AvgIpc) is 2.36. The van der Waals surface area contributed by atoms with Gasteiger partial charge in [0.2, 0.25) is 0 Å². The number of unbranched alkanes of at least 4 members (excludes halogenated alkanes) is 2. The lowest BCUT2D eigenvalue weighted by Crippen LogP contribution is -2.56. The van der Waals surface area contributed by atoms with Gasteiger partial charge < -0.3 is 5.32 Å². The summed E-state index contributed by atoms with van der Waals surface area (Å²) in [7, 11) is 0. The summed E-state index contributed by atoms with van der Waals surface area (Å²) in [6.45, 7) is 16.6. The molecule has 0 aromatic carbocycles. The quantitative estimate of drug-likeness (QED) is 0.662. The fourth-order valence-electron chi connectivity index (χ4n) is 3.75. The molecule has 0 bridgehead atoms. The van der Waals surface area contributed by atoms with Crippen molar-refractivity contribution in [2.24, 2.45) is 5.41 Å². The normalized spacial score (nSPS) is 26.4. The smallest absolute Gasteiger partial charge is 0.0257 e. The fourth-order valence-corrected chi connectivity index (χ4v) is 3.75. The van der Waals surface area contributed by atoms with Crippen molar-refractivity contribution in [3.63, 3.8) is 0 Å². The summed E-state index contributed by atoms with van der Waals surface area (Å²) in [6.07, 6.45) is 8.08. The van der Waals surface area contributed by atoms with Gasteiger partial charge in [-0.1, -0.05) is 40.5 Å². The lowest BCUT2D eigenvalue weighted by atomic mass is 9.72. The highest BCUT2D eigenvalue weighted by molar-refractivity contribution is 4.95. The summed E-state index contributed by atoms with van der Waals surface area (Å²) in [5.41, 5.74) is 0.508. The highest BCUT2D eigenvalue weighted by Gasteiger charge is 2.38. The molecule has 1 fully saturated rings. The summed E-state index contributed by atoms with van der Waals surface area (Å²) in [5.74, 6) is 0. The average molecular weight is 283 g/mol. The minimum atomic E-state index is 0.508. The van der Waals surface area contributed by atoms with Gasteiger partial charge in [-0.3, -0.25) is 4.90 Å². The molecule has 0 aromatic rings. The van der Waals surface area contributed by atoms with Crippen molar-refractivity contribution in [3.8, 4) is 0 Å². The predicted molar refractivity (Wildman–Crippen MR) is 90.3 cm³/mol. The van der Waals surface area contributed by atoms with Gasteiger partial charge >= 0.3 is 0 Å². The Bertz CT molecular complexity index is 260. The molecule has 1 rings (SSSR count). The molecule has 120 valence electrons. The van der Waals surface area contributed by atoms with E-state index >= 15 is 0 Å². The Labute approximate surface area is 127 Å². The number of likely N-dealkylation sites (N-methyl/N-ethyl adjacent to an activating group) is 1. The van der Waals surface area contributed by atoms with E-state index < -0.39 is 0 Å². The number of nitrogens with zero attached hydrogens (tertiary/aromatic N) is 1. The zero-order chi connectivity index (χ0) is 15.2. The third kappa shape index (κ3) is 5.37. The Balaban J connectivity index is 2.75. The van der Waals surface area contributed by atoms with Crippen LogP contribution in [0.25, 0.3) is 0 Å². The molecule has 2 heteroatoms. The van der Waals surface area contributed by atoms with Gasteiger partial charge in [-0.05, 0) is 58.0 Å². The van der Waals surface area contributed by atoms with Gasteiger partial charge in [0.1, 0.15) is 0 Å². The number of hydrogen-bond acceptors (Lipinski definition) is 2. The van der Waals surface area contributed by atoms with Crippen molar-refractivity contribution in [3.05, 3.63) is 0 Å². The third-order valence-electron chi connectivity index (χ3n) is 4.93. The SMILES string of the molecule is CCCCCN(C(C)C)C1CC(C)(C)CCC1NCC. The number of hydrogen-bond donors (Lipinski definition) is 1. The minimum absolute atomic E-state index is 0.508. The lowest BCUT2D eigenvalue weighted by molar-refractivity contribution is 0.0441. The molecule has 0 amide bonds. The maximum Gasteiger partial charge on any atom is 0.0257 e. The Hall–Kier alpha value is -0.0800. The van der Waals surface area contributed by atoms with Crippen molar-refractivity contribution in [2.75, 3.05) is 13.1 Å². The first kappa shape index (κ1) is 18.0. The molecule has 2 nitrogen and oxygen atoms in total. The van der Waals surface area contributed by atoms with E-state index in [1.54, 1.807) is 0 Å². The molecule has 0 radical (unpaired) electrons. The van der Waals surface area contributed by atoms with E-state index in [1.807, 2.05) is 0 Å². The summed E-state index contributed by atoms with van der Waals surface area (Å²) in [6, 6.07) is 2.07.